The lowest BCUT2D eigenvalue weighted by molar-refractivity contribution is -0.151. The molecular weight excluding hydrogens is 448 g/mol. The van der Waals surface area contributed by atoms with Crippen molar-refractivity contribution in [2.24, 2.45) is 5.92 Å². The smallest absolute Gasteiger partial charge is 0.311 e. The van der Waals surface area contributed by atoms with Gasteiger partial charge in [-0.2, -0.15) is 0 Å². The molecule has 158 valence electrons. The maximum absolute atomic E-state index is 12.4. The summed E-state index contributed by atoms with van der Waals surface area (Å²) in [5.41, 5.74) is 4.57. The molecule has 2 aromatic rings. The number of nitrogens with one attached hydrogen (secondary N) is 1. The van der Waals surface area contributed by atoms with E-state index in [-0.39, 0.29) is 25.5 Å². The van der Waals surface area contributed by atoms with Crippen LogP contribution in [0.25, 0.3) is 0 Å². The number of carbonyl (C=O) groups excluding carboxylic acids is 3. The quantitative estimate of drug-likeness (QED) is 0.640. The third-order valence-corrected chi connectivity index (χ3v) is 5.54. The summed E-state index contributed by atoms with van der Waals surface area (Å²) in [5.74, 6) is -1.63. The molecule has 1 fully saturated rings. The topological polar surface area (TPSA) is 75.7 Å². The van der Waals surface area contributed by atoms with Crippen molar-refractivity contribution < 1.29 is 19.1 Å². The Balaban J connectivity index is 1.56. The number of ether oxygens (including phenoxy) is 1. The van der Waals surface area contributed by atoms with Crippen molar-refractivity contribution >= 4 is 45.1 Å². The molecule has 0 bridgehead atoms. The number of halogens is 1. The van der Waals surface area contributed by atoms with Crippen LogP contribution in [0.15, 0.2) is 40.9 Å². The van der Waals surface area contributed by atoms with E-state index < -0.39 is 17.8 Å². The molecule has 7 heteroatoms. The molecule has 2 amide bonds. The third-order valence-electron chi connectivity index (χ3n) is 5.04. The van der Waals surface area contributed by atoms with Crippen LogP contribution < -0.4 is 10.2 Å². The highest BCUT2D eigenvalue weighted by molar-refractivity contribution is 9.10. The Morgan fingerprint density at radius 3 is 2.53 bits per heavy atom. The second-order valence-corrected chi connectivity index (χ2v) is 8.48. The zero-order valence-corrected chi connectivity index (χ0v) is 18.9. The molecule has 0 unspecified atom stereocenters. The normalized spacial score (nSPS) is 15.9. The van der Waals surface area contributed by atoms with E-state index in [1.807, 2.05) is 51.1 Å². The van der Waals surface area contributed by atoms with Crippen molar-refractivity contribution in [2.75, 3.05) is 23.4 Å². The predicted molar refractivity (Wildman–Crippen MR) is 119 cm³/mol. The lowest BCUT2D eigenvalue weighted by Gasteiger charge is -2.18. The highest BCUT2D eigenvalue weighted by atomic mass is 79.9. The number of nitrogens with zero attached hydrogens (tertiary/aromatic N) is 1. The maximum atomic E-state index is 12.4. The Morgan fingerprint density at radius 1 is 1.17 bits per heavy atom. The number of aryl methyl sites for hydroxylation is 3. The first-order chi connectivity index (χ1) is 14.3. The Labute approximate surface area is 184 Å². The predicted octanol–water partition coefficient (Wildman–Crippen LogP) is 4.16. The monoisotopic (exact) mass is 472 g/mol. The minimum absolute atomic E-state index is 0.0835. The third kappa shape index (κ3) is 5.27. The minimum Gasteiger partial charge on any atom is -0.455 e. The van der Waals surface area contributed by atoms with Crippen molar-refractivity contribution in [1.82, 2.24) is 0 Å². The van der Waals surface area contributed by atoms with E-state index in [0.29, 0.717) is 5.69 Å². The molecule has 2 aromatic carbocycles. The number of hydrogen-bond acceptors (Lipinski definition) is 4. The molecule has 1 heterocycles. The van der Waals surface area contributed by atoms with E-state index >= 15 is 0 Å². The number of rotatable bonds is 6. The van der Waals surface area contributed by atoms with Crippen molar-refractivity contribution in [3.63, 3.8) is 0 Å². The summed E-state index contributed by atoms with van der Waals surface area (Å²) >= 11 is 3.41. The molecule has 1 N–H and O–H groups in total. The Kier molecular flexibility index (Phi) is 6.92. The van der Waals surface area contributed by atoms with E-state index in [9.17, 15) is 14.4 Å². The number of anilines is 2. The highest BCUT2D eigenvalue weighted by Crippen LogP contribution is 2.27. The molecule has 0 radical (unpaired) electrons. The zero-order chi connectivity index (χ0) is 21.8. The first-order valence-corrected chi connectivity index (χ1v) is 10.7. The van der Waals surface area contributed by atoms with Crippen molar-refractivity contribution in [3.8, 4) is 0 Å². The number of carbonyl (C=O) groups is 3. The van der Waals surface area contributed by atoms with Crippen LogP contribution in [0.1, 0.15) is 30.0 Å². The van der Waals surface area contributed by atoms with Gasteiger partial charge < -0.3 is 15.0 Å². The van der Waals surface area contributed by atoms with Gasteiger partial charge in [0.2, 0.25) is 5.91 Å². The van der Waals surface area contributed by atoms with Gasteiger partial charge in [0.1, 0.15) is 0 Å². The SMILES string of the molecule is CCc1cc(Br)ccc1NC(=O)COC(=O)[C@H]1CC(=O)N(c2cc(C)cc(C)c2)C1. The van der Waals surface area contributed by atoms with Crippen LogP contribution in [-0.4, -0.2) is 30.9 Å². The molecule has 1 atom stereocenters. The average molecular weight is 473 g/mol. The van der Waals surface area contributed by atoms with E-state index in [1.54, 1.807) is 11.0 Å². The van der Waals surface area contributed by atoms with Crippen LogP contribution in [0.3, 0.4) is 0 Å². The van der Waals surface area contributed by atoms with Crippen LogP contribution in [0.5, 0.6) is 0 Å². The number of benzene rings is 2. The fourth-order valence-corrected chi connectivity index (χ4v) is 4.05. The second-order valence-electron chi connectivity index (χ2n) is 7.56. The summed E-state index contributed by atoms with van der Waals surface area (Å²) in [7, 11) is 0. The van der Waals surface area contributed by atoms with Crippen molar-refractivity contribution in [2.45, 2.75) is 33.6 Å². The van der Waals surface area contributed by atoms with Gasteiger partial charge in [0.25, 0.3) is 5.91 Å². The van der Waals surface area contributed by atoms with Gasteiger partial charge in [0, 0.05) is 28.8 Å². The zero-order valence-electron chi connectivity index (χ0n) is 17.3. The van der Waals surface area contributed by atoms with E-state index in [1.165, 1.54) is 0 Å². The van der Waals surface area contributed by atoms with Gasteiger partial charge in [0.15, 0.2) is 6.61 Å². The van der Waals surface area contributed by atoms with Crippen molar-refractivity contribution in [1.29, 1.82) is 0 Å². The maximum Gasteiger partial charge on any atom is 0.311 e. The van der Waals surface area contributed by atoms with Gasteiger partial charge in [-0.15, -0.1) is 0 Å². The van der Waals surface area contributed by atoms with Gasteiger partial charge >= 0.3 is 5.97 Å². The average Bonchev–Trinajstić information content (AvgIpc) is 3.08. The molecule has 0 aromatic heterocycles. The molecule has 30 heavy (non-hydrogen) atoms. The van der Waals surface area contributed by atoms with E-state index in [0.717, 1.165) is 33.3 Å². The Hall–Kier alpha value is -2.67. The highest BCUT2D eigenvalue weighted by Gasteiger charge is 2.36. The Bertz CT molecular complexity index is 969. The second kappa shape index (κ2) is 9.43. The first-order valence-electron chi connectivity index (χ1n) is 9.90. The summed E-state index contributed by atoms with van der Waals surface area (Å²) < 4.78 is 6.13. The minimum atomic E-state index is -0.579. The number of amides is 2. The Morgan fingerprint density at radius 2 is 1.87 bits per heavy atom. The lowest BCUT2D eigenvalue weighted by atomic mass is 10.1. The molecule has 0 saturated carbocycles. The number of hydrogen-bond donors (Lipinski definition) is 1. The van der Waals surface area contributed by atoms with Crippen LogP contribution in [0, 0.1) is 19.8 Å². The molecular formula is C23H25BrN2O4. The number of esters is 1. The first kappa shape index (κ1) is 22.0. The summed E-state index contributed by atoms with van der Waals surface area (Å²) in [6, 6.07) is 11.5. The molecule has 1 saturated heterocycles. The largest absolute Gasteiger partial charge is 0.455 e. The standard InChI is InChI=1S/C23H25BrN2O4/c1-4-16-10-18(24)5-6-20(16)25-21(27)13-30-23(29)17-11-22(28)26(12-17)19-8-14(2)7-15(3)9-19/h5-10,17H,4,11-13H2,1-3H3,(H,25,27)/t17-/m0/s1. The molecule has 0 aliphatic carbocycles. The lowest BCUT2D eigenvalue weighted by Crippen LogP contribution is -2.28. The molecule has 1 aliphatic rings. The van der Waals surface area contributed by atoms with Gasteiger partial charge in [-0.1, -0.05) is 28.9 Å². The molecule has 3 rings (SSSR count). The van der Waals surface area contributed by atoms with E-state index in [2.05, 4.69) is 21.2 Å². The van der Waals surface area contributed by atoms with Gasteiger partial charge in [-0.25, -0.2) is 0 Å². The van der Waals surface area contributed by atoms with Crippen LogP contribution in [0.2, 0.25) is 0 Å². The van der Waals surface area contributed by atoms with Crippen LogP contribution in [0.4, 0.5) is 11.4 Å². The van der Waals surface area contributed by atoms with Crippen LogP contribution >= 0.6 is 15.9 Å². The van der Waals surface area contributed by atoms with E-state index in [4.69, 9.17) is 4.74 Å². The van der Waals surface area contributed by atoms with Gasteiger partial charge in [-0.3, -0.25) is 14.4 Å². The summed E-state index contributed by atoms with van der Waals surface area (Å²) in [6.45, 7) is 5.81. The summed E-state index contributed by atoms with van der Waals surface area (Å²) in [4.78, 5) is 38.7. The molecule has 1 aliphatic heterocycles. The summed E-state index contributed by atoms with van der Waals surface area (Å²) in [6.07, 6.45) is 0.841. The van der Waals surface area contributed by atoms with Gasteiger partial charge in [-0.05, 0) is 67.3 Å². The van der Waals surface area contributed by atoms with Crippen molar-refractivity contribution in [3.05, 3.63) is 57.6 Å². The summed E-state index contributed by atoms with van der Waals surface area (Å²) in [5, 5.41) is 2.78. The fraction of sp³-hybridized carbons (Fsp3) is 0.348. The molecule has 0 spiro atoms. The van der Waals surface area contributed by atoms with Crippen LogP contribution in [-0.2, 0) is 25.5 Å². The molecule has 6 nitrogen and oxygen atoms in total. The fourth-order valence-electron chi connectivity index (χ4n) is 3.64. The van der Waals surface area contributed by atoms with Gasteiger partial charge in [0.05, 0.1) is 5.92 Å².